The lowest BCUT2D eigenvalue weighted by atomic mass is 10.1. The molecule has 0 aliphatic rings. The number of benzene rings is 1. The molecular formula is C14H22N2O2. The molecule has 0 radical (unpaired) electrons. The van der Waals surface area contributed by atoms with Crippen LogP contribution in [0.5, 0.6) is 5.75 Å². The van der Waals surface area contributed by atoms with E-state index in [4.69, 9.17) is 4.74 Å². The highest BCUT2D eigenvalue weighted by molar-refractivity contribution is 5.90. The Labute approximate surface area is 109 Å². The minimum absolute atomic E-state index is 0.103. The van der Waals surface area contributed by atoms with Crippen LogP contribution >= 0.6 is 0 Å². The maximum absolute atomic E-state index is 11.0. The van der Waals surface area contributed by atoms with Crippen molar-refractivity contribution in [1.82, 2.24) is 0 Å². The quantitative estimate of drug-likeness (QED) is 0.815. The first-order chi connectivity index (χ1) is 8.52. The van der Waals surface area contributed by atoms with Gasteiger partial charge < -0.3 is 15.4 Å². The van der Waals surface area contributed by atoms with Crippen molar-refractivity contribution >= 4 is 17.3 Å². The summed E-state index contributed by atoms with van der Waals surface area (Å²) >= 11 is 0. The Hall–Kier alpha value is -1.71. The molecule has 0 aliphatic carbocycles. The zero-order valence-electron chi connectivity index (χ0n) is 11.5. The molecular weight excluding hydrogens is 228 g/mol. The molecule has 1 rings (SSSR count). The molecule has 4 nitrogen and oxygen atoms in total. The Morgan fingerprint density at radius 2 is 2.11 bits per heavy atom. The maximum Gasteiger partial charge on any atom is 0.221 e. The second-order valence-corrected chi connectivity index (χ2v) is 4.71. The van der Waals surface area contributed by atoms with E-state index >= 15 is 0 Å². The van der Waals surface area contributed by atoms with Crippen LogP contribution in [0.2, 0.25) is 0 Å². The van der Waals surface area contributed by atoms with E-state index in [1.54, 1.807) is 7.11 Å². The number of rotatable bonds is 6. The maximum atomic E-state index is 11.0. The van der Waals surface area contributed by atoms with Crippen LogP contribution in [0.3, 0.4) is 0 Å². The first-order valence-electron chi connectivity index (χ1n) is 6.22. The summed E-state index contributed by atoms with van der Waals surface area (Å²) in [5.74, 6) is 1.24. The van der Waals surface area contributed by atoms with Gasteiger partial charge in [0.25, 0.3) is 0 Å². The lowest BCUT2D eigenvalue weighted by Crippen LogP contribution is -2.08. The van der Waals surface area contributed by atoms with Crippen molar-refractivity contribution < 1.29 is 9.53 Å². The van der Waals surface area contributed by atoms with E-state index in [0.29, 0.717) is 17.4 Å². The van der Waals surface area contributed by atoms with E-state index in [-0.39, 0.29) is 5.91 Å². The van der Waals surface area contributed by atoms with Crippen LogP contribution < -0.4 is 15.4 Å². The molecule has 0 spiro atoms. The summed E-state index contributed by atoms with van der Waals surface area (Å²) in [5.41, 5.74) is 1.70. The Balaban J connectivity index is 2.69. The summed E-state index contributed by atoms with van der Waals surface area (Å²) in [5, 5.41) is 6.07. The van der Waals surface area contributed by atoms with Gasteiger partial charge in [0.15, 0.2) is 0 Å². The molecule has 4 heteroatoms. The van der Waals surface area contributed by atoms with E-state index < -0.39 is 0 Å². The number of hydrogen-bond acceptors (Lipinski definition) is 3. The number of amides is 1. The molecule has 0 unspecified atom stereocenters. The number of nitrogens with one attached hydrogen (secondary N) is 2. The first-order valence-corrected chi connectivity index (χ1v) is 6.22. The van der Waals surface area contributed by atoms with Gasteiger partial charge in [0.1, 0.15) is 5.75 Å². The number of anilines is 2. The zero-order valence-corrected chi connectivity index (χ0v) is 11.5. The Kier molecular flexibility index (Phi) is 5.49. The van der Waals surface area contributed by atoms with Gasteiger partial charge in [-0.2, -0.15) is 0 Å². The van der Waals surface area contributed by atoms with Crippen LogP contribution in [0.25, 0.3) is 0 Å². The van der Waals surface area contributed by atoms with Crippen molar-refractivity contribution in [2.75, 3.05) is 24.3 Å². The second kappa shape index (κ2) is 6.89. The highest BCUT2D eigenvalue weighted by Crippen LogP contribution is 2.27. The van der Waals surface area contributed by atoms with E-state index in [2.05, 4.69) is 24.5 Å². The van der Waals surface area contributed by atoms with Crippen molar-refractivity contribution in [3.63, 3.8) is 0 Å². The Morgan fingerprint density at radius 1 is 1.39 bits per heavy atom. The van der Waals surface area contributed by atoms with Crippen molar-refractivity contribution in [2.45, 2.75) is 27.2 Å². The largest absolute Gasteiger partial charge is 0.494 e. The number of hydrogen-bond donors (Lipinski definition) is 2. The van der Waals surface area contributed by atoms with Crippen molar-refractivity contribution in [3.8, 4) is 5.75 Å². The van der Waals surface area contributed by atoms with E-state index in [9.17, 15) is 4.79 Å². The van der Waals surface area contributed by atoms with Crippen molar-refractivity contribution in [1.29, 1.82) is 0 Å². The highest BCUT2D eigenvalue weighted by atomic mass is 16.5. The van der Waals surface area contributed by atoms with Crippen LogP contribution in [-0.2, 0) is 4.79 Å². The third-order valence-electron chi connectivity index (χ3n) is 2.56. The summed E-state index contributed by atoms with van der Waals surface area (Å²) < 4.78 is 5.26. The summed E-state index contributed by atoms with van der Waals surface area (Å²) in [7, 11) is 1.60. The number of ether oxygens (including phenoxy) is 1. The molecule has 0 saturated heterocycles. The molecule has 1 aromatic carbocycles. The Morgan fingerprint density at radius 3 is 2.67 bits per heavy atom. The van der Waals surface area contributed by atoms with Gasteiger partial charge in [-0.15, -0.1) is 0 Å². The fraction of sp³-hybridized carbons (Fsp3) is 0.500. The lowest BCUT2D eigenvalue weighted by Gasteiger charge is -2.13. The van der Waals surface area contributed by atoms with Gasteiger partial charge in [-0.05, 0) is 24.5 Å². The minimum Gasteiger partial charge on any atom is -0.494 e. The lowest BCUT2D eigenvalue weighted by molar-refractivity contribution is -0.114. The molecule has 1 amide bonds. The minimum atomic E-state index is -0.103. The normalized spacial score (nSPS) is 10.3. The predicted octanol–water partition coefficient (Wildman–Crippen LogP) is 3.11. The molecule has 0 heterocycles. The van der Waals surface area contributed by atoms with Crippen LogP contribution in [0.15, 0.2) is 18.2 Å². The third kappa shape index (κ3) is 4.65. The Bertz CT molecular complexity index is 403. The van der Waals surface area contributed by atoms with E-state index in [1.807, 2.05) is 18.2 Å². The average Bonchev–Trinajstić information content (AvgIpc) is 2.29. The number of methoxy groups -OCH3 is 1. The summed E-state index contributed by atoms with van der Waals surface area (Å²) in [4.78, 5) is 11.0. The predicted molar refractivity (Wildman–Crippen MR) is 75.2 cm³/mol. The number of carbonyl (C=O) groups excluding carboxylic acids is 1. The van der Waals surface area contributed by atoms with Gasteiger partial charge >= 0.3 is 0 Å². The van der Waals surface area contributed by atoms with Crippen LogP contribution in [0.4, 0.5) is 11.4 Å². The fourth-order valence-corrected chi connectivity index (χ4v) is 1.60. The molecule has 18 heavy (non-hydrogen) atoms. The highest BCUT2D eigenvalue weighted by Gasteiger charge is 2.05. The standard InChI is InChI=1S/C14H22N2O2/c1-10(2)7-8-15-12-5-6-13(16-11(3)17)14(9-12)18-4/h5-6,9-10,15H,7-8H2,1-4H3,(H,16,17). The average molecular weight is 250 g/mol. The molecule has 100 valence electrons. The van der Waals surface area contributed by atoms with Crippen LogP contribution in [0.1, 0.15) is 27.2 Å². The van der Waals surface area contributed by atoms with Gasteiger partial charge in [0.05, 0.1) is 12.8 Å². The SMILES string of the molecule is COc1cc(NCCC(C)C)ccc1NC(C)=O. The smallest absolute Gasteiger partial charge is 0.221 e. The van der Waals surface area contributed by atoms with Gasteiger partial charge in [0, 0.05) is 25.2 Å². The number of carbonyl (C=O) groups is 1. The summed E-state index contributed by atoms with van der Waals surface area (Å²) in [6.45, 7) is 6.80. The topological polar surface area (TPSA) is 50.4 Å². The molecule has 0 aromatic heterocycles. The second-order valence-electron chi connectivity index (χ2n) is 4.71. The van der Waals surface area contributed by atoms with E-state index in [0.717, 1.165) is 18.7 Å². The molecule has 0 atom stereocenters. The van der Waals surface area contributed by atoms with Gasteiger partial charge in [-0.1, -0.05) is 13.8 Å². The third-order valence-corrected chi connectivity index (χ3v) is 2.56. The molecule has 1 aromatic rings. The van der Waals surface area contributed by atoms with E-state index in [1.165, 1.54) is 6.92 Å². The van der Waals surface area contributed by atoms with Crippen LogP contribution in [0, 0.1) is 5.92 Å². The summed E-state index contributed by atoms with van der Waals surface area (Å²) in [6.07, 6.45) is 1.12. The van der Waals surface area contributed by atoms with Crippen molar-refractivity contribution in [3.05, 3.63) is 18.2 Å². The zero-order chi connectivity index (χ0) is 13.5. The van der Waals surface area contributed by atoms with Gasteiger partial charge in [0.2, 0.25) is 5.91 Å². The first kappa shape index (κ1) is 14.4. The molecule has 0 fully saturated rings. The summed E-state index contributed by atoms with van der Waals surface area (Å²) in [6, 6.07) is 5.68. The van der Waals surface area contributed by atoms with Gasteiger partial charge in [-0.25, -0.2) is 0 Å². The monoisotopic (exact) mass is 250 g/mol. The molecule has 0 bridgehead atoms. The van der Waals surface area contributed by atoms with Crippen molar-refractivity contribution in [2.24, 2.45) is 5.92 Å². The molecule has 0 aliphatic heterocycles. The van der Waals surface area contributed by atoms with Crippen LogP contribution in [-0.4, -0.2) is 19.6 Å². The fourth-order valence-electron chi connectivity index (χ4n) is 1.60. The van der Waals surface area contributed by atoms with Gasteiger partial charge in [-0.3, -0.25) is 4.79 Å². The molecule has 0 saturated carbocycles. The molecule has 2 N–H and O–H groups in total.